The normalized spacial score (nSPS) is 10.9. The largest absolute Gasteiger partial charge is 0.451 e. The number of carbonyl (C=O) groups is 1. The van der Waals surface area contributed by atoms with E-state index in [1.807, 2.05) is 13.0 Å². The number of hydrogen-bond donors (Lipinski definition) is 1. The second-order valence-electron chi connectivity index (χ2n) is 5.19. The molecular weight excluding hydrogens is 298 g/mol. The molecule has 0 saturated carbocycles. The molecule has 2 aromatic rings. The predicted molar refractivity (Wildman–Crippen MR) is 86.9 cm³/mol. The Hall–Kier alpha value is -2.18. The highest BCUT2D eigenvalue weighted by Gasteiger charge is 2.11. The van der Waals surface area contributed by atoms with Crippen LogP contribution >= 0.6 is 0 Å². The second-order valence-corrected chi connectivity index (χ2v) is 5.19. The van der Waals surface area contributed by atoms with E-state index in [0.717, 1.165) is 5.56 Å². The minimum absolute atomic E-state index is 0.0201. The van der Waals surface area contributed by atoms with Gasteiger partial charge < -0.3 is 19.2 Å². The zero-order valence-electron chi connectivity index (χ0n) is 13.4. The molecule has 2 rings (SSSR count). The standard InChI is InChI=1S/C17H21NO5/c1-12-4-5-15-13(10-12)14(19)11-16(23-15)17(20)18-6-3-7-22-9-8-21-2/h4-5,10-11H,3,6-9H2,1-2H3,(H,18,20). The van der Waals surface area contributed by atoms with Crippen LogP contribution in [-0.2, 0) is 9.47 Å². The van der Waals surface area contributed by atoms with Crippen molar-refractivity contribution in [3.63, 3.8) is 0 Å². The van der Waals surface area contributed by atoms with Crippen LogP contribution in [0.25, 0.3) is 11.0 Å². The Morgan fingerprint density at radius 3 is 2.83 bits per heavy atom. The zero-order chi connectivity index (χ0) is 16.7. The second kappa shape index (κ2) is 8.45. The summed E-state index contributed by atoms with van der Waals surface area (Å²) in [6, 6.07) is 6.52. The quantitative estimate of drug-likeness (QED) is 0.752. The minimum atomic E-state index is -0.401. The molecule has 1 N–H and O–H groups in total. The third kappa shape index (κ3) is 4.91. The summed E-state index contributed by atoms with van der Waals surface area (Å²) in [7, 11) is 1.61. The molecule has 1 heterocycles. The van der Waals surface area contributed by atoms with Crippen molar-refractivity contribution in [1.29, 1.82) is 0 Å². The van der Waals surface area contributed by atoms with Crippen LogP contribution in [0.5, 0.6) is 0 Å². The van der Waals surface area contributed by atoms with Gasteiger partial charge in [0.25, 0.3) is 5.91 Å². The first-order valence-electron chi connectivity index (χ1n) is 7.51. The maximum Gasteiger partial charge on any atom is 0.287 e. The van der Waals surface area contributed by atoms with Gasteiger partial charge in [0.1, 0.15) is 5.58 Å². The van der Waals surface area contributed by atoms with Crippen LogP contribution < -0.4 is 10.7 Å². The van der Waals surface area contributed by atoms with Crippen molar-refractivity contribution in [2.45, 2.75) is 13.3 Å². The van der Waals surface area contributed by atoms with Crippen molar-refractivity contribution < 1.29 is 18.7 Å². The fraction of sp³-hybridized carbons (Fsp3) is 0.412. The number of nitrogens with one attached hydrogen (secondary N) is 1. The average Bonchev–Trinajstić information content (AvgIpc) is 2.54. The first-order chi connectivity index (χ1) is 11.1. The van der Waals surface area contributed by atoms with E-state index in [2.05, 4.69) is 5.32 Å². The number of fused-ring (bicyclic) bond motifs is 1. The van der Waals surface area contributed by atoms with Crippen molar-refractivity contribution in [2.75, 3.05) is 33.5 Å². The number of benzene rings is 1. The summed E-state index contributed by atoms with van der Waals surface area (Å²) in [5.41, 5.74) is 1.16. The molecule has 0 saturated heterocycles. The summed E-state index contributed by atoms with van der Waals surface area (Å²) in [4.78, 5) is 24.1. The molecule has 0 unspecified atom stereocenters. The summed E-state index contributed by atoms with van der Waals surface area (Å²) in [5.74, 6) is -0.381. The summed E-state index contributed by atoms with van der Waals surface area (Å²) in [5, 5.41) is 3.19. The van der Waals surface area contributed by atoms with Gasteiger partial charge in [-0.2, -0.15) is 0 Å². The Morgan fingerprint density at radius 1 is 1.22 bits per heavy atom. The number of hydrogen-bond acceptors (Lipinski definition) is 5. The van der Waals surface area contributed by atoms with E-state index in [-0.39, 0.29) is 11.2 Å². The minimum Gasteiger partial charge on any atom is -0.451 e. The number of rotatable bonds is 8. The number of amides is 1. The van der Waals surface area contributed by atoms with Gasteiger partial charge in [0.2, 0.25) is 0 Å². The smallest absolute Gasteiger partial charge is 0.287 e. The van der Waals surface area contributed by atoms with Crippen LogP contribution in [0.2, 0.25) is 0 Å². The fourth-order valence-corrected chi connectivity index (χ4v) is 2.09. The number of carbonyl (C=O) groups excluding carboxylic acids is 1. The van der Waals surface area contributed by atoms with Gasteiger partial charge in [-0.25, -0.2) is 0 Å². The van der Waals surface area contributed by atoms with Gasteiger partial charge in [-0.1, -0.05) is 11.6 Å². The Balaban J connectivity index is 1.91. The highest BCUT2D eigenvalue weighted by Crippen LogP contribution is 2.14. The first-order valence-corrected chi connectivity index (χ1v) is 7.51. The molecule has 23 heavy (non-hydrogen) atoms. The van der Waals surface area contributed by atoms with Crippen molar-refractivity contribution in [1.82, 2.24) is 5.32 Å². The Labute approximate surface area is 134 Å². The van der Waals surface area contributed by atoms with E-state index in [4.69, 9.17) is 13.9 Å². The first kappa shape index (κ1) is 17.2. The van der Waals surface area contributed by atoms with Crippen molar-refractivity contribution >= 4 is 16.9 Å². The Kier molecular flexibility index (Phi) is 6.31. The van der Waals surface area contributed by atoms with Crippen LogP contribution in [0.1, 0.15) is 22.5 Å². The summed E-state index contributed by atoms with van der Waals surface area (Å²) in [6.45, 7) is 3.96. The van der Waals surface area contributed by atoms with E-state index >= 15 is 0 Å². The lowest BCUT2D eigenvalue weighted by Crippen LogP contribution is -2.26. The molecule has 0 atom stereocenters. The Morgan fingerprint density at radius 2 is 2.04 bits per heavy atom. The molecule has 1 aromatic heterocycles. The molecule has 0 aliphatic carbocycles. The van der Waals surface area contributed by atoms with Gasteiger partial charge in [0, 0.05) is 26.3 Å². The molecule has 0 bridgehead atoms. The third-order valence-corrected chi connectivity index (χ3v) is 3.29. The lowest BCUT2D eigenvalue weighted by atomic mass is 10.1. The fourth-order valence-electron chi connectivity index (χ4n) is 2.09. The maximum atomic E-state index is 12.1. The van der Waals surface area contributed by atoms with E-state index < -0.39 is 5.91 Å². The maximum absolute atomic E-state index is 12.1. The molecular formula is C17H21NO5. The molecule has 6 nitrogen and oxygen atoms in total. The molecule has 6 heteroatoms. The summed E-state index contributed by atoms with van der Waals surface area (Å²) in [6.07, 6.45) is 0.673. The molecule has 0 spiro atoms. The van der Waals surface area contributed by atoms with Crippen molar-refractivity contribution in [3.05, 3.63) is 45.8 Å². The average molecular weight is 319 g/mol. The number of ether oxygens (including phenoxy) is 2. The third-order valence-electron chi connectivity index (χ3n) is 3.29. The van der Waals surface area contributed by atoms with Crippen LogP contribution in [0.4, 0.5) is 0 Å². The van der Waals surface area contributed by atoms with Crippen molar-refractivity contribution in [3.8, 4) is 0 Å². The molecule has 1 amide bonds. The summed E-state index contributed by atoms with van der Waals surface area (Å²) < 4.78 is 15.7. The van der Waals surface area contributed by atoms with E-state index in [1.165, 1.54) is 6.07 Å². The molecule has 0 aliphatic heterocycles. The summed E-state index contributed by atoms with van der Waals surface area (Å²) >= 11 is 0. The molecule has 0 fully saturated rings. The lowest BCUT2D eigenvalue weighted by Gasteiger charge is -2.06. The molecule has 0 radical (unpaired) electrons. The monoisotopic (exact) mass is 319 g/mol. The van der Waals surface area contributed by atoms with Gasteiger partial charge in [-0.15, -0.1) is 0 Å². The van der Waals surface area contributed by atoms with E-state index in [0.29, 0.717) is 43.8 Å². The molecule has 1 aromatic carbocycles. The van der Waals surface area contributed by atoms with Crippen LogP contribution in [0.15, 0.2) is 33.5 Å². The molecule has 0 aliphatic rings. The zero-order valence-corrected chi connectivity index (χ0v) is 13.4. The SMILES string of the molecule is COCCOCCCNC(=O)c1cc(=O)c2cc(C)ccc2o1. The topological polar surface area (TPSA) is 77.8 Å². The number of aryl methyl sites for hydroxylation is 1. The van der Waals surface area contributed by atoms with Gasteiger partial charge in [0.15, 0.2) is 11.2 Å². The highest BCUT2D eigenvalue weighted by molar-refractivity contribution is 5.93. The van der Waals surface area contributed by atoms with Gasteiger partial charge >= 0.3 is 0 Å². The van der Waals surface area contributed by atoms with Crippen LogP contribution in [0.3, 0.4) is 0 Å². The van der Waals surface area contributed by atoms with Gasteiger partial charge in [-0.3, -0.25) is 9.59 Å². The van der Waals surface area contributed by atoms with Gasteiger partial charge in [-0.05, 0) is 25.5 Å². The lowest BCUT2D eigenvalue weighted by molar-refractivity contribution is 0.0687. The van der Waals surface area contributed by atoms with E-state index in [9.17, 15) is 9.59 Å². The van der Waals surface area contributed by atoms with Crippen LogP contribution in [0, 0.1) is 6.92 Å². The molecule has 124 valence electrons. The van der Waals surface area contributed by atoms with Crippen molar-refractivity contribution in [2.24, 2.45) is 0 Å². The highest BCUT2D eigenvalue weighted by atomic mass is 16.5. The predicted octanol–water partition coefficient (Wildman–Crippen LogP) is 1.88. The Bertz CT molecular complexity index is 722. The van der Waals surface area contributed by atoms with Gasteiger partial charge in [0.05, 0.1) is 18.6 Å². The van der Waals surface area contributed by atoms with Crippen LogP contribution in [-0.4, -0.2) is 39.4 Å². The van der Waals surface area contributed by atoms with E-state index in [1.54, 1.807) is 19.2 Å². The number of methoxy groups -OCH3 is 1.